The first kappa shape index (κ1) is 17.9. The normalized spacial score (nSPS) is 21.1. The van der Waals surface area contributed by atoms with Gasteiger partial charge in [0.2, 0.25) is 5.91 Å². The molecule has 2 aromatic rings. The molecule has 150 valence electrons. The molecule has 0 radical (unpaired) electrons. The Morgan fingerprint density at radius 2 is 2.00 bits per heavy atom. The Balaban J connectivity index is 1.55. The highest BCUT2D eigenvalue weighted by Crippen LogP contribution is 2.33. The number of piperidine rings is 1. The summed E-state index contributed by atoms with van der Waals surface area (Å²) in [5.74, 6) is 1.26. The van der Waals surface area contributed by atoms with Gasteiger partial charge >= 0.3 is 6.03 Å². The third kappa shape index (κ3) is 2.90. The molecular formula is C21H24N6O2. The third-order valence-corrected chi connectivity index (χ3v) is 5.96. The number of hydrogen-bond acceptors (Lipinski definition) is 4. The van der Waals surface area contributed by atoms with Gasteiger partial charge in [-0.2, -0.15) is 5.10 Å². The molecule has 1 aromatic heterocycles. The second kappa shape index (κ2) is 7.02. The maximum atomic E-state index is 13.3. The molecule has 5 rings (SSSR count). The van der Waals surface area contributed by atoms with Gasteiger partial charge in [0.15, 0.2) is 5.82 Å². The number of aromatic nitrogens is 2. The van der Waals surface area contributed by atoms with E-state index in [1.54, 1.807) is 20.7 Å². The molecule has 0 bridgehead atoms. The Hall–Kier alpha value is -3.16. The summed E-state index contributed by atoms with van der Waals surface area (Å²) in [5.41, 5.74) is 1.64. The summed E-state index contributed by atoms with van der Waals surface area (Å²) >= 11 is 0. The molecule has 1 unspecified atom stereocenters. The number of fused-ring (bicyclic) bond motifs is 3. The van der Waals surface area contributed by atoms with Crippen molar-refractivity contribution in [2.75, 3.05) is 31.1 Å². The van der Waals surface area contributed by atoms with Crippen molar-refractivity contribution in [3.63, 3.8) is 0 Å². The molecule has 8 nitrogen and oxygen atoms in total. The Bertz CT molecular complexity index is 982. The van der Waals surface area contributed by atoms with Crippen LogP contribution in [0.15, 0.2) is 41.5 Å². The summed E-state index contributed by atoms with van der Waals surface area (Å²) < 4.78 is 1.73. The van der Waals surface area contributed by atoms with Crippen LogP contribution < -0.4 is 4.90 Å². The van der Waals surface area contributed by atoms with Crippen molar-refractivity contribution in [1.29, 1.82) is 0 Å². The van der Waals surface area contributed by atoms with Gasteiger partial charge < -0.3 is 4.90 Å². The second-order valence-electron chi connectivity index (χ2n) is 7.79. The Morgan fingerprint density at radius 1 is 1.17 bits per heavy atom. The fourth-order valence-electron chi connectivity index (χ4n) is 4.46. The summed E-state index contributed by atoms with van der Waals surface area (Å²) in [4.78, 5) is 36.1. The van der Waals surface area contributed by atoms with Gasteiger partial charge in [0.1, 0.15) is 12.4 Å². The van der Waals surface area contributed by atoms with E-state index in [9.17, 15) is 9.59 Å². The quantitative estimate of drug-likeness (QED) is 0.804. The lowest BCUT2D eigenvalue weighted by Gasteiger charge is -2.37. The molecule has 3 aliphatic rings. The molecule has 1 aromatic carbocycles. The number of likely N-dealkylation sites (tertiary alicyclic amines) is 1. The van der Waals surface area contributed by atoms with Crippen LogP contribution in [0.4, 0.5) is 10.6 Å². The van der Waals surface area contributed by atoms with Crippen LogP contribution in [-0.2, 0) is 4.79 Å². The van der Waals surface area contributed by atoms with Crippen molar-refractivity contribution in [2.45, 2.75) is 32.2 Å². The van der Waals surface area contributed by atoms with Gasteiger partial charge in [-0.05, 0) is 38.3 Å². The number of rotatable bonds is 3. The summed E-state index contributed by atoms with van der Waals surface area (Å²) in [6, 6.07) is 9.67. The van der Waals surface area contributed by atoms with Crippen LogP contribution in [0.5, 0.6) is 0 Å². The van der Waals surface area contributed by atoms with E-state index in [0.29, 0.717) is 24.7 Å². The molecule has 0 aliphatic carbocycles. The second-order valence-corrected chi connectivity index (χ2v) is 7.79. The summed E-state index contributed by atoms with van der Waals surface area (Å²) in [6.07, 6.45) is 4.91. The van der Waals surface area contributed by atoms with E-state index in [4.69, 9.17) is 0 Å². The first-order chi connectivity index (χ1) is 14.1. The molecule has 3 amide bonds. The number of aliphatic imine (C=N–C) groups is 1. The third-order valence-electron chi connectivity index (χ3n) is 5.96. The average Bonchev–Trinajstić information content (AvgIpc) is 3.39. The maximum Gasteiger partial charge on any atom is 0.331 e. The number of carbonyl (C=O) groups is 2. The molecule has 1 atom stereocenters. The van der Waals surface area contributed by atoms with Gasteiger partial charge in [-0.1, -0.05) is 18.2 Å². The first-order valence-electron chi connectivity index (χ1n) is 10.2. The molecule has 29 heavy (non-hydrogen) atoms. The van der Waals surface area contributed by atoms with E-state index >= 15 is 0 Å². The number of anilines is 1. The number of para-hydroxylation sites is 1. The molecule has 4 heterocycles. The van der Waals surface area contributed by atoms with Crippen molar-refractivity contribution >= 4 is 23.6 Å². The Labute approximate surface area is 169 Å². The van der Waals surface area contributed by atoms with E-state index in [1.807, 2.05) is 35.2 Å². The largest absolute Gasteiger partial charge is 0.338 e. The van der Waals surface area contributed by atoms with Crippen LogP contribution in [-0.4, -0.2) is 69.6 Å². The van der Waals surface area contributed by atoms with Gasteiger partial charge in [0.25, 0.3) is 0 Å². The van der Waals surface area contributed by atoms with Crippen molar-refractivity contribution in [2.24, 2.45) is 4.99 Å². The number of benzene rings is 1. The number of carbonyl (C=O) groups excluding carboxylic acids is 2. The smallest absolute Gasteiger partial charge is 0.331 e. The fraction of sp³-hybridized carbons (Fsp3) is 0.429. The van der Waals surface area contributed by atoms with Crippen LogP contribution in [0, 0.1) is 0 Å². The lowest BCUT2D eigenvalue weighted by atomic mass is 10.0. The van der Waals surface area contributed by atoms with E-state index in [0.717, 1.165) is 37.1 Å². The molecule has 3 aliphatic heterocycles. The zero-order chi connectivity index (χ0) is 20.0. The van der Waals surface area contributed by atoms with Crippen molar-refractivity contribution < 1.29 is 9.59 Å². The minimum Gasteiger partial charge on any atom is -0.338 e. The van der Waals surface area contributed by atoms with Crippen molar-refractivity contribution in [3.05, 3.63) is 42.1 Å². The predicted octanol–water partition coefficient (Wildman–Crippen LogP) is 2.28. The van der Waals surface area contributed by atoms with Gasteiger partial charge in [-0.25, -0.2) is 9.48 Å². The monoisotopic (exact) mass is 392 g/mol. The highest BCUT2D eigenvalue weighted by molar-refractivity contribution is 6.20. The minimum atomic E-state index is -0.204. The predicted molar refractivity (Wildman–Crippen MR) is 109 cm³/mol. The zero-order valence-electron chi connectivity index (χ0n) is 16.5. The van der Waals surface area contributed by atoms with Gasteiger partial charge in [0.05, 0.1) is 24.0 Å². The number of nitrogens with zero attached hydrogens (tertiary/aromatic N) is 6. The molecule has 0 saturated carbocycles. The minimum absolute atomic E-state index is 0.0124. The van der Waals surface area contributed by atoms with E-state index in [1.165, 1.54) is 0 Å². The average molecular weight is 392 g/mol. The molecule has 0 N–H and O–H groups in total. The molecule has 1 saturated heterocycles. The van der Waals surface area contributed by atoms with Gasteiger partial charge in [-0.3, -0.25) is 19.6 Å². The van der Waals surface area contributed by atoms with Gasteiger partial charge in [0, 0.05) is 19.1 Å². The first-order valence-corrected chi connectivity index (χ1v) is 10.2. The fourth-order valence-corrected chi connectivity index (χ4v) is 4.46. The van der Waals surface area contributed by atoms with E-state index in [-0.39, 0.29) is 24.5 Å². The Morgan fingerprint density at radius 3 is 2.79 bits per heavy atom. The van der Waals surface area contributed by atoms with Gasteiger partial charge in [-0.15, -0.1) is 0 Å². The van der Waals surface area contributed by atoms with Crippen LogP contribution in [0.1, 0.15) is 31.7 Å². The maximum absolute atomic E-state index is 13.3. The number of hydrogen-bond donors (Lipinski definition) is 0. The van der Waals surface area contributed by atoms with Crippen LogP contribution >= 0.6 is 0 Å². The highest BCUT2D eigenvalue weighted by Gasteiger charge is 2.41. The summed E-state index contributed by atoms with van der Waals surface area (Å²) in [5, 5.41) is 4.54. The summed E-state index contributed by atoms with van der Waals surface area (Å²) in [6.45, 7) is 3.96. The number of amides is 3. The molecule has 0 spiro atoms. The van der Waals surface area contributed by atoms with E-state index < -0.39 is 0 Å². The summed E-state index contributed by atoms with van der Waals surface area (Å²) in [7, 11) is 0. The van der Waals surface area contributed by atoms with Crippen LogP contribution in [0.25, 0.3) is 5.69 Å². The molecule has 1 fully saturated rings. The SMILES string of the molecule is CC1CCCCN1C(=O)CN1C(=O)N2CCN=C2c2cnn(-c3ccccc3)c21. The zero-order valence-corrected chi connectivity index (χ0v) is 16.5. The lowest BCUT2D eigenvalue weighted by molar-refractivity contribution is -0.132. The van der Waals surface area contributed by atoms with E-state index in [2.05, 4.69) is 17.0 Å². The highest BCUT2D eigenvalue weighted by atomic mass is 16.2. The Kier molecular flexibility index (Phi) is 4.34. The molecule has 8 heteroatoms. The standard InChI is InChI=1S/C21H24N6O2/c1-15-7-5-6-11-24(15)18(28)14-26-20-17(19-22-10-12-25(19)21(26)29)13-23-27(20)16-8-3-2-4-9-16/h2-4,8-9,13,15H,5-7,10-12,14H2,1H3. The number of amidine groups is 1. The topological polar surface area (TPSA) is 74.0 Å². The van der Waals surface area contributed by atoms with Crippen molar-refractivity contribution in [1.82, 2.24) is 19.6 Å². The van der Waals surface area contributed by atoms with Crippen LogP contribution in [0.2, 0.25) is 0 Å². The molecular weight excluding hydrogens is 368 g/mol. The van der Waals surface area contributed by atoms with Crippen LogP contribution in [0.3, 0.4) is 0 Å². The lowest BCUT2D eigenvalue weighted by Crippen LogP contribution is -2.55. The number of urea groups is 1. The van der Waals surface area contributed by atoms with Crippen molar-refractivity contribution in [3.8, 4) is 5.69 Å².